The summed E-state index contributed by atoms with van der Waals surface area (Å²) in [7, 11) is 2.67. The lowest BCUT2D eigenvalue weighted by Gasteiger charge is -2.07. The largest absolute Gasteiger partial charge is 0.469 e. The normalized spacial score (nSPS) is 10.0. The Morgan fingerprint density at radius 1 is 1.30 bits per heavy atom. The Labute approximate surface area is 61.9 Å². The van der Waals surface area contributed by atoms with Gasteiger partial charge < -0.3 is 13.6 Å². The van der Waals surface area contributed by atoms with Crippen molar-refractivity contribution in [1.82, 2.24) is 0 Å². The monoisotopic (exact) mass is 164 g/mol. The molecule has 0 saturated heterocycles. The highest BCUT2D eigenvalue weighted by Crippen LogP contribution is 1.95. The van der Waals surface area contributed by atoms with E-state index in [1.807, 2.05) is 0 Å². The Morgan fingerprint density at radius 3 is 2.10 bits per heavy atom. The van der Waals surface area contributed by atoms with Crippen LogP contribution in [-0.4, -0.2) is 36.6 Å². The van der Waals surface area contributed by atoms with Crippen molar-refractivity contribution in [3.05, 3.63) is 0 Å². The lowest BCUT2D eigenvalue weighted by molar-refractivity contribution is -0.138. The molecule has 0 aliphatic heterocycles. The second-order valence-corrected chi connectivity index (χ2v) is 3.89. The summed E-state index contributed by atoms with van der Waals surface area (Å²) in [5, 5.41) is 0. The van der Waals surface area contributed by atoms with Gasteiger partial charge in [-0.15, -0.1) is 0 Å². The predicted molar refractivity (Wildman–Crippen MR) is 38.0 cm³/mol. The van der Waals surface area contributed by atoms with Crippen molar-refractivity contribution in [3.63, 3.8) is 0 Å². The van der Waals surface area contributed by atoms with Crippen LogP contribution >= 0.6 is 0 Å². The van der Waals surface area contributed by atoms with Gasteiger partial charge in [-0.05, 0) is 0 Å². The average molecular weight is 164 g/mol. The van der Waals surface area contributed by atoms with E-state index in [4.69, 9.17) is 8.85 Å². The maximum absolute atomic E-state index is 10.6. The van der Waals surface area contributed by atoms with Crippen molar-refractivity contribution in [2.75, 3.05) is 21.3 Å². The maximum Gasteiger partial charge on any atom is 0.332 e. The number of rotatable bonds is 4. The molecule has 0 rings (SSSR count). The van der Waals surface area contributed by atoms with Crippen LogP contribution in [0.25, 0.3) is 0 Å². The van der Waals surface area contributed by atoms with E-state index in [0.717, 1.165) is 0 Å². The van der Waals surface area contributed by atoms with Gasteiger partial charge in [-0.3, -0.25) is 4.79 Å². The molecule has 4 nitrogen and oxygen atoms in total. The van der Waals surface area contributed by atoms with Crippen molar-refractivity contribution < 1.29 is 18.4 Å². The second-order valence-electron chi connectivity index (χ2n) is 1.68. The third-order valence-electron chi connectivity index (χ3n) is 1.09. The lowest BCUT2D eigenvalue weighted by atomic mass is 10.8. The molecular formula is C5H12O4Si. The van der Waals surface area contributed by atoms with Crippen LogP contribution in [0.2, 0.25) is 6.04 Å². The first-order valence-corrected chi connectivity index (χ1v) is 4.63. The molecule has 0 heterocycles. The van der Waals surface area contributed by atoms with Gasteiger partial charge in [0, 0.05) is 14.2 Å². The van der Waals surface area contributed by atoms with Gasteiger partial charge in [-0.25, -0.2) is 0 Å². The van der Waals surface area contributed by atoms with Crippen molar-refractivity contribution in [1.29, 1.82) is 0 Å². The molecule has 0 aromatic carbocycles. The van der Waals surface area contributed by atoms with E-state index in [1.165, 1.54) is 21.3 Å². The summed E-state index contributed by atoms with van der Waals surface area (Å²) in [5.74, 6) is -0.277. The van der Waals surface area contributed by atoms with E-state index in [0.29, 0.717) is 0 Å². The number of carbonyl (C=O) groups is 1. The smallest absolute Gasteiger partial charge is 0.332 e. The van der Waals surface area contributed by atoms with Crippen LogP contribution in [0.15, 0.2) is 0 Å². The number of esters is 1. The first-order chi connectivity index (χ1) is 4.74. The number of hydrogen-bond acceptors (Lipinski definition) is 4. The van der Waals surface area contributed by atoms with Crippen molar-refractivity contribution in [3.8, 4) is 0 Å². The molecule has 0 aromatic rings. The van der Waals surface area contributed by atoms with E-state index < -0.39 is 9.28 Å². The molecule has 0 atom stereocenters. The summed E-state index contributed by atoms with van der Waals surface area (Å²) in [6, 6.07) is 0.267. The zero-order chi connectivity index (χ0) is 7.98. The van der Waals surface area contributed by atoms with E-state index in [9.17, 15) is 4.79 Å². The molecular weight excluding hydrogens is 152 g/mol. The van der Waals surface area contributed by atoms with Crippen molar-refractivity contribution in [2.45, 2.75) is 6.04 Å². The molecule has 0 unspecified atom stereocenters. The van der Waals surface area contributed by atoms with Crippen LogP contribution in [0.5, 0.6) is 0 Å². The standard InChI is InChI=1S/C5H12O4Si/c1-7-5(6)4-10(8-2)9-3/h10H,4H2,1-3H3. The van der Waals surface area contributed by atoms with Crippen LogP contribution in [-0.2, 0) is 18.4 Å². The highest BCUT2D eigenvalue weighted by atomic mass is 28.3. The summed E-state index contributed by atoms with van der Waals surface area (Å²) >= 11 is 0. The van der Waals surface area contributed by atoms with E-state index >= 15 is 0 Å². The van der Waals surface area contributed by atoms with Gasteiger partial charge >= 0.3 is 15.3 Å². The number of carbonyl (C=O) groups excluding carboxylic acids is 1. The fourth-order valence-electron chi connectivity index (χ4n) is 0.482. The quantitative estimate of drug-likeness (QED) is 0.422. The van der Waals surface area contributed by atoms with Crippen LogP contribution in [0, 0.1) is 0 Å². The molecule has 5 heteroatoms. The molecule has 0 bridgehead atoms. The van der Waals surface area contributed by atoms with Crippen LogP contribution < -0.4 is 0 Å². The third-order valence-corrected chi connectivity index (χ3v) is 2.81. The minimum Gasteiger partial charge on any atom is -0.469 e. The Balaban J connectivity index is 3.52. The molecule has 0 aromatic heterocycles. The van der Waals surface area contributed by atoms with Gasteiger partial charge in [0.2, 0.25) is 0 Å². The minimum atomic E-state index is -1.74. The highest BCUT2D eigenvalue weighted by Gasteiger charge is 2.15. The van der Waals surface area contributed by atoms with Gasteiger partial charge in [0.15, 0.2) is 0 Å². The molecule has 60 valence electrons. The Bertz CT molecular complexity index is 102. The van der Waals surface area contributed by atoms with Gasteiger partial charge in [-0.1, -0.05) is 0 Å². The topological polar surface area (TPSA) is 44.8 Å². The van der Waals surface area contributed by atoms with E-state index in [-0.39, 0.29) is 12.0 Å². The molecule has 0 N–H and O–H groups in total. The first kappa shape index (κ1) is 9.61. The average Bonchev–Trinajstić information content (AvgIpc) is 1.99. The third kappa shape index (κ3) is 3.60. The van der Waals surface area contributed by atoms with Crippen LogP contribution in [0.3, 0.4) is 0 Å². The number of ether oxygens (including phenoxy) is 1. The van der Waals surface area contributed by atoms with Gasteiger partial charge in [0.25, 0.3) is 0 Å². The summed E-state index contributed by atoms with van der Waals surface area (Å²) < 4.78 is 14.2. The molecule has 10 heavy (non-hydrogen) atoms. The van der Waals surface area contributed by atoms with Crippen molar-refractivity contribution in [2.24, 2.45) is 0 Å². The molecule has 0 aliphatic rings. The van der Waals surface area contributed by atoms with Crippen molar-refractivity contribution >= 4 is 15.3 Å². The Hall–Kier alpha value is -0.393. The summed E-state index contributed by atoms with van der Waals surface area (Å²) in [6.45, 7) is 0. The Kier molecular flexibility index (Phi) is 5.18. The molecule has 0 saturated carbocycles. The number of methoxy groups -OCH3 is 1. The number of hydrogen-bond donors (Lipinski definition) is 0. The molecule has 0 fully saturated rings. The molecule has 0 amide bonds. The first-order valence-electron chi connectivity index (χ1n) is 2.87. The second kappa shape index (κ2) is 5.40. The molecule has 0 radical (unpaired) electrons. The van der Waals surface area contributed by atoms with Gasteiger partial charge in [0.05, 0.1) is 13.2 Å². The highest BCUT2D eigenvalue weighted by molar-refractivity contribution is 6.48. The molecule has 0 aliphatic carbocycles. The molecule has 0 spiro atoms. The van der Waals surface area contributed by atoms with Gasteiger partial charge in [-0.2, -0.15) is 0 Å². The zero-order valence-electron chi connectivity index (χ0n) is 6.42. The fourth-order valence-corrected chi connectivity index (χ4v) is 1.45. The SMILES string of the molecule is COC(=O)C[SiH](OC)OC. The maximum atomic E-state index is 10.6. The van der Waals surface area contributed by atoms with Crippen LogP contribution in [0.1, 0.15) is 0 Å². The lowest BCUT2D eigenvalue weighted by Crippen LogP contribution is -2.23. The van der Waals surface area contributed by atoms with E-state index in [1.54, 1.807) is 0 Å². The van der Waals surface area contributed by atoms with Gasteiger partial charge in [0.1, 0.15) is 0 Å². The predicted octanol–water partition coefficient (Wildman–Crippen LogP) is -0.327. The summed E-state index contributed by atoms with van der Waals surface area (Å²) in [5.41, 5.74) is 0. The zero-order valence-corrected chi connectivity index (χ0v) is 7.57. The minimum absolute atomic E-state index is 0.267. The van der Waals surface area contributed by atoms with Crippen LogP contribution in [0.4, 0.5) is 0 Å². The van der Waals surface area contributed by atoms with E-state index in [2.05, 4.69) is 4.74 Å². The Morgan fingerprint density at radius 2 is 1.80 bits per heavy atom. The fraction of sp³-hybridized carbons (Fsp3) is 0.800. The summed E-state index contributed by atoms with van der Waals surface area (Å²) in [6.07, 6.45) is 0. The summed E-state index contributed by atoms with van der Waals surface area (Å²) in [4.78, 5) is 10.6.